The molecule has 0 spiro atoms. The molecule has 3 atom stereocenters. The third-order valence-electron chi connectivity index (χ3n) is 4.33. The summed E-state index contributed by atoms with van der Waals surface area (Å²) in [6.45, 7) is 1.25. The van der Waals surface area contributed by atoms with E-state index >= 15 is 0 Å². The van der Waals surface area contributed by atoms with Crippen molar-refractivity contribution in [2.75, 3.05) is 19.0 Å². The van der Waals surface area contributed by atoms with E-state index in [0.29, 0.717) is 26.1 Å². The Kier molecular flexibility index (Phi) is 5.13. The van der Waals surface area contributed by atoms with Gasteiger partial charge in [-0.2, -0.15) is 0 Å². The van der Waals surface area contributed by atoms with Gasteiger partial charge in [-0.1, -0.05) is 30.3 Å². The largest absolute Gasteiger partial charge is 0.373 e. The van der Waals surface area contributed by atoms with Gasteiger partial charge < -0.3 is 9.47 Å². The summed E-state index contributed by atoms with van der Waals surface area (Å²) < 4.78 is 38.7. The molecule has 6 heteroatoms. The molecule has 1 aliphatic heterocycles. The fraction of sp³-hybridized carbons (Fsp3) is 0.625. The topological polar surface area (TPSA) is 64.6 Å². The van der Waals surface area contributed by atoms with Crippen LogP contribution in [0.4, 0.5) is 0 Å². The van der Waals surface area contributed by atoms with Gasteiger partial charge in [0.25, 0.3) is 0 Å². The van der Waals surface area contributed by atoms with Crippen molar-refractivity contribution in [3.8, 4) is 0 Å². The summed E-state index contributed by atoms with van der Waals surface area (Å²) in [4.78, 5) is 0. The van der Waals surface area contributed by atoms with Crippen molar-refractivity contribution in [3.63, 3.8) is 0 Å². The Morgan fingerprint density at radius 3 is 2.55 bits per heavy atom. The molecule has 1 aromatic carbocycles. The lowest BCUT2D eigenvalue weighted by molar-refractivity contribution is -0.156. The zero-order chi connectivity index (χ0) is 15.4. The summed E-state index contributed by atoms with van der Waals surface area (Å²) in [6, 6.07) is 9.65. The second-order valence-corrected chi connectivity index (χ2v) is 7.87. The highest BCUT2D eigenvalue weighted by Crippen LogP contribution is 2.27. The minimum Gasteiger partial charge on any atom is -0.373 e. The molecule has 0 bridgehead atoms. The van der Waals surface area contributed by atoms with E-state index in [0.717, 1.165) is 18.4 Å². The van der Waals surface area contributed by atoms with Crippen molar-refractivity contribution in [1.82, 2.24) is 4.72 Å². The van der Waals surface area contributed by atoms with Crippen LogP contribution in [-0.2, 0) is 25.9 Å². The van der Waals surface area contributed by atoms with E-state index < -0.39 is 10.0 Å². The Morgan fingerprint density at radius 1 is 1.05 bits per heavy atom. The standard InChI is InChI=1S/C16H23NO4S/c18-22(19,11-8-13-4-2-1-3-5-13)17-14-6-7-15-16(12-14)21-10-9-20-15/h1-5,14-17H,6-12H2. The Balaban J connectivity index is 1.51. The summed E-state index contributed by atoms with van der Waals surface area (Å²) in [5, 5.41) is 0. The molecule has 3 rings (SSSR count). The minimum absolute atomic E-state index is 0.0318. The van der Waals surface area contributed by atoms with Gasteiger partial charge in [0.05, 0.1) is 31.2 Å². The molecule has 2 fully saturated rings. The van der Waals surface area contributed by atoms with Crippen molar-refractivity contribution >= 4 is 10.0 Å². The van der Waals surface area contributed by atoms with Gasteiger partial charge in [0, 0.05) is 6.04 Å². The number of fused-ring (bicyclic) bond motifs is 1. The lowest BCUT2D eigenvalue weighted by Crippen LogP contribution is -2.49. The Labute approximate surface area is 132 Å². The van der Waals surface area contributed by atoms with E-state index in [9.17, 15) is 8.42 Å². The van der Waals surface area contributed by atoms with Crippen LogP contribution in [0.15, 0.2) is 30.3 Å². The number of nitrogens with one attached hydrogen (secondary N) is 1. The Hall–Kier alpha value is -0.950. The van der Waals surface area contributed by atoms with Crippen molar-refractivity contribution < 1.29 is 17.9 Å². The smallest absolute Gasteiger partial charge is 0.212 e. The number of ether oxygens (including phenoxy) is 2. The van der Waals surface area contributed by atoms with E-state index in [1.807, 2.05) is 30.3 Å². The first-order valence-electron chi connectivity index (χ1n) is 7.89. The van der Waals surface area contributed by atoms with Crippen LogP contribution in [0, 0.1) is 0 Å². The summed E-state index contributed by atoms with van der Waals surface area (Å²) >= 11 is 0. The summed E-state index contributed by atoms with van der Waals surface area (Å²) in [7, 11) is -3.26. The summed E-state index contributed by atoms with van der Waals surface area (Å²) in [6.07, 6.45) is 3.08. The van der Waals surface area contributed by atoms with Crippen LogP contribution in [0.2, 0.25) is 0 Å². The minimum atomic E-state index is -3.26. The molecule has 1 aliphatic carbocycles. The van der Waals surface area contributed by atoms with Crippen LogP contribution in [-0.4, -0.2) is 45.6 Å². The Bertz CT molecular complexity index is 575. The fourth-order valence-electron chi connectivity index (χ4n) is 3.18. The average Bonchev–Trinajstić information content (AvgIpc) is 2.54. The van der Waals surface area contributed by atoms with Gasteiger partial charge in [-0.05, 0) is 31.2 Å². The molecule has 0 aromatic heterocycles. The first-order valence-corrected chi connectivity index (χ1v) is 9.55. The number of hydrogen-bond donors (Lipinski definition) is 1. The monoisotopic (exact) mass is 325 g/mol. The molecule has 1 N–H and O–H groups in total. The van der Waals surface area contributed by atoms with Gasteiger partial charge >= 0.3 is 0 Å². The first-order chi connectivity index (χ1) is 10.6. The van der Waals surface area contributed by atoms with Gasteiger partial charge in [0.2, 0.25) is 10.0 Å². The van der Waals surface area contributed by atoms with Crippen LogP contribution < -0.4 is 4.72 Å². The molecule has 0 amide bonds. The highest BCUT2D eigenvalue weighted by Gasteiger charge is 2.35. The predicted molar refractivity (Wildman–Crippen MR) is 84.2 cm³/mol. The molecule has 1 saturated heterocycles. The zero-order valence-electron chi connectivity index (χ0n) is 12.6. The van der Waals surface area contributed by atoms with Gasteiger partial charge in [0.15, 0.2) is 0 Å². The predicted octanol–water partition coefficient (Wildman–Crippen LogP) is 1.48. The maximum atomic E-state index is 12.2. The molecular formula is C16H23NO4S. The van der Waals surface area contributed by atoms with Crippen molar-refractivity contribution in [3.05, 3.63) is 35.9 Å². The number of hydrogen-bond acceptors (Lipinski definition) is 4. The molecule has 0 radical (unpaired) electrons. The number of sulfonamides is 1. The lowest BCUT2D eigenvalue weighted by atomic mass is 9.90. The molecule has 22 heavy (non-hydrogen) atoms. The van der Waals surface area contributed by atoms with E-state index in [1.165, 1.54) is 0 Å². The molecule has 2 aliphatic rings. The van der Waals surface area contributed by atoms with Gasteiger partial charge in [-0.3, -0.25) is 0 Å². The summed E-state index contributed by atoms with van der Waals surface area (Å²) in [5.41, 5.74) is 1.04. The molecule has 5 nitrogen and oxygen atoms in total. The van der Waals surface area contributed by atoms with E-state index in [-0.39, 0.29) is 24.0 Å². The second kappa shape index (κ2) is 7.08. The second-order valence-electron chi connectivity index (χ2n) is 6.00. The molecule has 1 aromatic rings. The third-order valence-corrected chi connectivity index (χ3v) is 5.76. The van der Waals surface area contributed by atoms with E-state index in [2.05, 4.69) is 4.72 Å². The zero-order valence-corrected chi connectivity index (χ0v) is 13.4. The molecule has 1 heterocycles. The molecule has 1 saturated carbocycles. The fourth-order valence-corrected chi connectivity index (χ4v) is 4.53. The van der Waals surface area contributed by atoms with Crippen LogP contribution >= 0.6 is 0 Å². The lowest BCUT2D eigenvalue weighted by Gasteiger charge is -2.38. The highest BCUT2D eigenvalue weighted by molar-refractivity contribution is 7.89. The number of benzene rings is 1. The van der Waals surface area contributed by atoms with Crippen molar-refractivity contribution in [2.24, 2.45) is 0 Å². The number of aryl methyl sites for hydroxylation is 1. The molecule has 122 valence electrons. The van der Waals surface area contributed by atoms with Crippen molar-refractivity contribution in [1.29, 1.82) is 0 Å². The maximum absolute atomic E-state index is 12.2. The third kappa shape index (κ3) is 4.29. The van der Waals surface area contributed by atoms with E-state index in [4.69, 9.17) is 9.47 Å². The van der Waals surface area contributed by atoms with Gasteiger partial charge in [0.1, 0.15) is 0 Å². The average molecular weight is 325 g/mol. The quantitative estimate of drug-likeness (QED) is 0.891. The van der Waals surface area contributed by atoms with Crippen molar-refractivity contribution in [2.45, 2.75) is 43.9 Å². The van der Waals surface area contributed by atoms with Gasteiger partial charge in [-0.25, -0.2) is 13.1 Å². The van der Waals surface area contributed by atoms with Crippen LogP contribution in [0.3, 0.4) is 0 Å². The first kappa shape index (κ1) is 15.9. The SMILES string of the molecule is O=S(=O)(CCc1ccccc1)NC1CCC2OCCOC2C1. The summed E-state index contributed by atoms with van der Waals surface area (Å²) in [5.74, 6) is 0.124. The normalized spacial score (nSPS) is 29.0. The Morgan fingerprint density at radius 2 is 1.77 bits per heavy atom. The van der Waals surface area contributed by atoms with Crippen LogP contribution in [0.1, 0.15) is 24.8 Å². The maximum Gasteiger partial charge on any atom is 0.212 e. The number of rotatable bonds is 5. The van der Waals surface area contributed by atoms with E-state index in [1.54, 1.807) is 0 Å². The van der Waals surface area contributed by atoms with Gasteiger partial charge in [-0.15, -0.1) is 0 Å². The van der Waals surface area contributed by atoms with Crippen LogP contribution in [0.5, 0.6) is 0 Å². The van der Waals surface area contributed by atoms with Crippen LogP contribution in [0.25, 0.3) is 0 Å². The molecule has 3 unspecified atom stereocenters. The molecular weight excluding hydrogens is 302 g/mol. The highest BCUT2D eigenvalue weighted by atomic mass is 32.2.